The molecule has 0 saturated carbocycles. The van der Waals surface area contributed by atoms with Gasteiger partial charge in [0.25, 0.3) is 0 Å². The van der Waals surface area contributed by atoms with E-state index in [1.165, 1.54) is 0 Å². The topological polar surface area (TPSA) is 28.2 Å². The van der Waals surface area contributed by atoms with Gasteiger partial charge in [-0.3, -0.25) is 4.98 Å². The van der Waals surface area contributed by atoms with Gasteiger partial charge in [-0.2, -0.15) is 0 Å². The van der Waals surface area contributed by atoms with E-state index in [1.54, 1.807) is 0 Å². The number of benzene rings is 1. The van der Waals surface area contributed by atoms with Gasteiger partial charge >= 0.3 is 0 Å². The maximum absolute atomic E-state index is 6.39. The molecule has 1 heterocycles. The smallest absolute Gasteiger partial charge is 0.0601 e. The molecule has 1 aromatic carbocycles. The van der Waals surface area contributed by atoms with Gasteiger partial charge in [-0.05, 0) is 43.3 Å². The number of anilines is 1. The number of hydrogen-bond donors (Lipinski definition) is 1. The van der Waals surface area contributed by atoms with Crippen LogP contribution in [0.3, 0.4) is 0 Å². The molecule has 0 fully saturated rings. The van der Waals surface area contributed by atoms with Crippen LogP contribution < -0.4 is 10.2 Å². The fourth-order valence-corrected chi connectivity index (χ4v) is 2.45. The predicted molar refractivity (Wildman–Crippen MR) is 89.8 cm³/mol. The van der Waals surface area contributed by atoms with Crippen molar-refractivity contribution in [3.63, 3.8) is 0 Å². The van der Waals surface area contributed by atoms with E-state index in [9.17, 15) is 0 Å². The molecule has 21 heavy (non-hydrogen) atoms. The van der Waals surface area contributed by atoms with Crippen molar-refractivity contribution in [2.75, 3.05) is 18.0 Å². The maximum atomic E-state index is 6.39. The zero-order chi connectivity index (χ0) is 15.1. The number of rotatable bonds is 7. The van der Waals surface area contributed by atoms with Crippen LogP contribution >= 0.6 is 11.6 Å². The van der Waals surface area contributed by atoms with Crippen LogP contribution in [0.15, 0.2) is 42.6 Å². The van der Waals surface area contributed by atoms with E-state index >= 15 is 0 Å². The van der Waals surface area contributed by atoms with Crippen LogP contribution in [0.2, 0.25) is 5.02 Å². The zero-order valence-electron chi connectivity index (χ0n) is 12.6. The van der Waals surface area contributed by atoms with Gasteiger partial charge in [-0.1, -0.05) is 30.7 Å². The molecule has 112 valence electrons. The van der Waals surface area contributed by atoms with Crippen LogP contribution in [0.4, 0.5) is 5.69 Å². The van der Waals surface area contributed by atoms with Gasteiger partial charge in [-0.15, -0.1) is 0 Å². The predicted octanol–water partition coefficient (Wildman–Crippen LogP) is 3.87. The lowest BCUT2D eigenvalue weighted by Gasteiger charge is -2.23. The number of pyridine rings is 1. The molecular formula is C17H22ClN3. The average Bonchev–Trinajstić information content (AvgIpc) is 2.52. The van der Waals surface area contributed by atoms with Crippen LogP contribution in [-0.4, -0.2) is 18.1 Å². The number of aromatic nitrogens is 1. The summed E-state index contributed by atoms with van der Waals surface area (Å²) in [7, 11) is 0. The van der Waals surface area contributed by atoms with Crippen molar-refractivity contribution in [3.8, 4) is 0 Å². The van der Waals surface area contributed by atoms with Crippen molar-refractivity contribution >= 4 is 17.3 Å². The van der Waals surface area contributed by atoms with Gasteiger partial charge in [0.1, 0.15) is 0 Å². The first-order chi connectivity index (χ1) is 10.2. The first-order valence-corrected chi connectivity index (χ1v) is 7.76. The van der Waals surface area contributed by atoms with Crippen molar-refractivity contribution in [3.05, 3.63) is 58.9 Å². The maximum Gasteiger partial charge on any atom is 0.0601 e. The number of hydrogen-bond acceptors (Lipinski definition) is 3. The van der Waals surface area contributed by atoms with E-state index in [1.807, 2.05) is 30.5 Å². The zero-order valence-corrected chi connectivity index (χ0v) is 13.4. The normalized spacial score (nSPS) is 10.6. The summed E-state index contributed by atoms with van der Waals surface area (Å²) in [6, 6.07) is 12.3. The lowest BCUT2D eigenvalue weighted by molar-refractivity contribution is 0.726. The van der Waals surface area contributed by atoms with E-state index in [2.05, 4.69) is 41.2 Å². The Balaban J connectivity index is 2.13. The monoisotopic (exact) mass is 303 g/mol. The molecule has 0 aliphatic carbocycles. The van der Waals surface area contributed by atoms with Crippen molar-refractivity contribution in [2.24, 2.45) is 0 Å². The molecule has 0 spiro atoms. The summed E-state index contributed by atoms with van der Waals surface area (Å²) >= 11 is 6.39. The van der Waals surface area contributed by atoms with Crippen LogP contribution in [0.5, 0.6) is 0 Å². The molecule has 0 unspecified atom stereocenters. The Bertz CT molecular complexity index is 557. The molecule has 0 bridgehead atoms. The van der Waals surface area contributed by atoms with Crippen LogP contribution in [0, 0.1) is 0 Å². The summed E-state index contributed by atoms with van der Waals surface area (Å²) in [5.41, 5.74) is 3.33. The Hall–Kier alpha value is -1.58. The van der Waals surface area contributed by atoms with Crippen LogP contribution in [-0.2, 0) is 13.1 Å². The highest BCUT2D eigenvalue weighted by Gasteiger charge is 2.08. The van der Waals surface area contributed by atoms with Crippen molar-refractivity contribution < 1.29 is 0 Å². The molecule has 1 N–H and O–H groups in total. The van der Waals surface area contributed by atoms with E-state index in [4.69, 9.17) is 11.6 Å². The molecule has 0 aliphatic rings. The van der Waals surface area contributed by atoms with Crippen molar-refractivity contribution in [2.45, 2.75) is 26.9 Å². The highest BCUT2D eigenvalue weighted by molar-refractivity contribution is 6.31. The SMILES string of the molecule is CCNCc1ccc(N(CC)Cc2ccccn2)cc1Cl. The summed E-state index contributed by atoms with van der Waals surface area (Å²) < 4.78 is 0. The Kier molecular flexibility index (Phi) is 6.03. The molecular weight excluding hydrogens is 282 g/mol. The Morgan fingerprint density at radius 1 is 1.19 bits per heavy atom. The number of halogens is 1. The van der Waals surface area contributed by atoms with Crippen LogP contribution in [0.1, 0.15) is 25.1 Å². The second-order valence-electron chi connectivity index (χ2n) is 4.89. The minimum absolute atomic E-state index is 0.792. The van der Waals surface area contributed by atoms with Gasteiger partial charge in [0.2, 0.25) is 0 Å². The quantitative estimate of drug-likeness (QED) is 0.841. The molecule has 0 saturated heterocycles. The molecule has 2 rings (SSSR count). The van der Waals surface area contributed by atoms with Gasteiger partial charge in [-0.25, -0.2) is 0 Å². The highest BCUT2D eigenvalue weighted by atomic mass is 35.5. The molecule has 3 nitrogen and oxygen atoms in total. The Morgan fingerprint density at radius 2 is 2.05 bits per heavy atom. The highest BCUT2D eigenvalue weighted by Crippen LogP contribution is 2.24. The first-order valence-electron chi connectivity index (χ1n) is 7.38. The van der Waals surface area contributed by atoms with E-state index in [0.29, 0.717) is 0 Å². The third-order valence-corrected chi connectivity index (χ3v) is 3.78. The molecule has 4 heteroatoms. The Morgan fingerprint density at radius 3 is 2.67 bits per heavy atom. The summed E-state index contributed by atoms with van der Waals surface area (Å²) in [5, 5.41) is 4.11. The van der Waals surface area contributed by atoms with E-state index < -0.39 is 0 Å². The second-order valence-corrected chi connectivity index (χ2v) is 5.30. The fraction of sp³-hybridized carbons (Fsp3) is 0.353. The molecule has 0 atom stereocenters. The largest absolute Gasteiger partial charge is 0.366 e. The minimum Gasteiger partial charge on any atom is -0.366 e. The molecule has 0 amide bonds. The summed E-state index contributed by atoms with van der Waals surface area (Å²) in [5.74, 6) is 0. The summed E-state index contributed by atoms with van der Waals surface area (Å²) in [6.07, 6.45) is 1.83. The minimum atomic E-state index is 0.792. The molecule has 0 radical (unpaired) electrons. The van der Waals surface area contributed by atoms with Gasteiger partial charge in [0.15, 0.2) is 0 Å². The van der Waals surface area contributed by atoms with Gasteiger partial charge in [0.05, 0.1) is 12.2 Å². The standard InChI is InChI=1S/C17H22ClN3/c1-3-19-12-14-8-9-16(11-17(14)18)21(4-2)13-15-7-5-6-10-20-15/h5-11,19H,3-4,12-13H2,1-2H3. The Labute approximate surface area is 132 Å². The first kappa shape index (κ1) is 15.8. The van der Waals surface area contributed by atoms with Crippen LogP contribution in [0.25, 0.3) is 0 Å². The molecule has 0 aliphatic heterocycles. The summed E-state index contributed by atoms with van der Waals surface area (Å²) in [6.45, 7) is 7.69. The van der Waals surface area contributed by atoms with Gasteiger partial charge in [0, 0.05) is 30.0 Å². The number of nitrogens with one attached hydrogen (secondary N) is 1. The summed E-state index contributed by atoms with van der Waals surface area (Å²) in [4.78, 5) is 6.66. The fourth-order valence-electron chi connectivity index (χ4n) is 2.21. The average molecular weight is 304 g/mol. The van der Waals surface area contributed by atoms with Crippen molar-refractivity contribution in [1.29, 1.82) is 0 Å². The van der Waals surface area contributed by atoms with E-state index in [0.717, 1.165) is 48.1 Å². The molecule has 2 aromatic rings. The van der Waals surface area contributed by atoms with Crippen molar-refractivity contribution in [1.82, 2.24) is 10.3 Å². The molecule has 1 aromatic heterocycles. The third kappa shape index (κ3) is 4.45. The lowest BCUT2D eigenvalue weighted by Crippen LogP contribution is -2.22. The number of nitrogens with zero attached hydrogens (tertiary/aromatic N) is 2. The third-order valence-electron chi connectivity index (χ3n) is 3.43. The second kappa shape index (κ2) is 8.01. The lowest BCUT2D eigenvalue weighted by atomic mass is 10.2. The van der Waals surface area contributed by atoms with Gasteiger partial charge < -0.3 is 10.2 Å². The van der Waals surface area contributed by atoms with E-state index in [-0.39, 0.29) is 0 Å².